The third-order valence-electron chi connectivity index (χ3n) is 3.49. The zero-order valence-electron chi connectivity index (χ0n) is 15.3. The van der Waals surface area contributed by atoms with Crippen LogP contribution < -0.4 is 39.7 Å². The van der Waals surface area contributed by atoms with Gasteiger partial charge >= 0.3 is 35.5 Å². The van der Waals surface area contributed by atoms with Gasteiger partial charge in [-0.05, 0) is 44.2 Å². The Hall–Kier alpha value is -2.08. The second-order valence-corrected chi connectivity index (χ2v) is 5.65. The van der Waals surface area contributed by atoms with Crippen molar-refractivity contribution in [3.05, 3.63) is 64.3 Å². The van der Waals surface area contributed by atoms with Gasteiger partial charge in [-0.3, -0.25) is 4.79 Å². The third kappa shape index (κ3) is 4.12. The molecule has 25 heavy (non-hydrogen) atoms. The van der Waals surface area contributed by atoms with Crippen LogP contribution >= 0.6 is 0 Å². The zero-order valence-corrected chi connectivity index (χ0v) is 16.3. The normalized spacial score (nSPS) is 10.5. The molecular weight excluding hydrogens is 331 g/mol. The predicted octanol–water partition coefficient (Wildman–Crippen LogP) is 1.06. The first-order valence-electron chi connectivity index (χ1n) is 7.53. The number of benzene rings is 2. The Morgan fingerprint density at radius 3 is 2.56 bits per heavy atom. The van der Waals surface area contributed by atoms with Gasteiger partial charge in [-0.15, -0.1) is 0 Å². The van der Waals surface area contributed by atoms with Crippen molar-refractivity contribution in [2.75, 3.05) is 0 Å². The summed E-state index contributed by atoms with van der Waals surface area (Å²) in [6.07, 6.45) is -0.0172. The molecule has 0 aliphatic carbocycles. The fraction of sp³-hybridized carbons (Fsp3) is 0.158. The second kappa shape index (κ2) is 7.87. The fourth-order valence-corrected chi connectivity index (χ4v) is 2.45. The van der Waals surface area contributed by atoms with Gasteiger partial charge in [-0.2, -0.15) is 0 Å². The van der Waals surface area contributed by atoms with E-state index in [-0.39, 0.29) is 53.5 Å². The van der Waals surface area contributed by atoms with Crippen molar-refractivity contribution in [1.82, 2.24) is 0 Å². The molecule has 5 nitrogen and oxygen atoms in total. The van der Waals surface area contributed by atoms with Gasteiger partial charge in [-0.25, -0.2) is 4.79 Å². The maximum Gasteiger partial charge on any atom is 1.00 e. The molecule has 3 rings (SSSR count). The quantitative estimate of drug-likeness (QED) is 0.714. The van der Waals surface area contributed by atoms with Crippen LogP contribution in [-0.2, 0) is 0 Å². The van der Waals surface area contributed by atoms with Crippen LogP contribution in [0.1, 0.15) is 25.6 Å². The molecule has 1 aromatic heterocycles. The molecule has 0 saturated carbocycles. The van der Waals surface area contributed by atoms with Gasteiger partial charge in [0.15, 0.2) is 5.43 Å². The number of carboxylic acids is 1. The van der Waals surface area contributed by atoms with Crippen molar-refractivity contribution in [2.24, 2.45) is 0 Å². The molecule has 2 aromatic carbocycles. The van der Waals surface area contributed by atoms with Crippen LogP contribution in [0.2, 0.25) is 0 Å². The Morgan fingerprint density at radius 1 is 1.16 bits per heavy atom. The average Bonchev–Trinajstić information content (AvgIpc) is 2.54. The molecule has 0 spiro atoms. The Balaban J connectivity index is 0.00000169. The summed E-state index contributed by atoms with van der Waals surface area (Å²) in [5, 5.41) is 9.28. The molecule has 0 aliphatic rings. The average molecular weight is 348 g/mol. The van der Waals surface area contributed by atoms with E-state index in [0.717, 1.165) is 0 Å². The topological polar surface area (TPSA) is 76.7 Å². The van der Waals surface area contributed by atoms with Crippen LogP contribution in [0.3, 0.4) is 0 Å². The largest absolute Gasteiger partial charge is 1.00 e. The minimum atomic E-state index is -1.09. The van der Waals surface area contributed by atoms with Crippen molar-refractivity contribution >= 4 is 16.9 Å². The maximum atomic E-state index is 12.4. The molecule has 124 valence electrons. The van der Waals surface area contributed by atoms with E-state index in [1.54, 1.807) is 0 Å². The molecule has 0 unspecified atom stereocenters. The Labute approximate surface area is 168 Å². The molecule has 0 aliphatic heterocycles. The summed E-state index contributed by atoms with van der Waals surface area (Å²) in [6, 6.07) is 12.9. The van der Waals surface area contributed by atoms with Crippen LogP contribution in [-0.4, -0.2) is 17.2 Å². The maximum absolute atomic E-state index is 12.4. The van der Waals surface area contributed by atoms with Gasteiger partial charge in [0.05, 0.1) is 22.6 Å². The summed E-state index contributed by atoms with van der Waals surface area (Å²) in [6.45, 7) is 3.83. The smallest absolute Gasteiger partial charge is 1.00 e. The molecule has 1 heterocycles. The van der Waals surface area contributed by atoms with Crippen molar-refractivity contribution < 1.29 is 50.0 Å². The molecule has 0 radical (unpaired) electrons. The van der Waals surface area contributed by atoms with E-state index >= 15 is 0 Å². The van der Waals surface area contributed by atoms with Crippen LogP contribution in [0.4, 0.5) is 0 Å². The van der Waals surface area contributed by atoms with E-state index in [1.807, 2.05) is 38.1 Å². The number of carbonyl (C=O) groups is 1. The van der Waals surface area contributed by atoms with Gasteiger partial charge in [0.1, 0.15) is 17.1 Å². The van der Waals surface area contributed by atoms with Crippen LogP contribution in [0, 0.1) is 0 Å². The van der Waals surface area contributed by atoms with E-state index in [4.69, 9.17) is 14.3 Å². The molecule has 0 atom stereocenters. The SMILES string of the molecule is CC(C)Oc1ccccc1-c1cc(=O)c2cc(C(=O)O)ccc2o1.[H-].[Na+]. The number of fused-ring (bicyclic) bond motifs is 1. The number of hydrogen-bond acceptors (Lipinski definition) is 4. The third-order valence-corrected chi connectivity index (χ3v) is 3.49. The first-order chi connectivity index (χ1) is 11.5. The van der Waals surface area contributed by atoms with E-state index < -0.39 is 5.97 Å². The van der Waals surface area contributed by atoms with E-state index in [1.165, 1.54) is 24.3 Å². The van der Waals surface area contributed by atoms with Crippen LogP contribution in [0.5, 0.6) is 5.75 Å². The zero-order chi connectivity index (χ0) is 17.3. The van der Waals surface area contributed by atoms with Crippen LogP contribution in [0.15, 0.2) is 57.7 Å². The summed E-state index contributed by atoms with van der Waals surface area (Å²) in [7, 11) is 0. The van der Waals surface area contributed by atoms with Crippen molar-refractivity contribution in [2.45, 2.75) is 20.0 Å². The number of hydrogen-bond donors (Lipinski definition) is 1. The number of para-hydroxylation sites is 1. The number of ether oxygens (including phenoxy) is 1. The van der Waals surface area contributed by atoms with E-state index in [9.17, 15) is 9.59 Å². The molecule has 1 N–H and O–H groups in total. The van der Waals surface area contributed by atoms with E-state index in [2.05, 4.69) is 0 Å². The van der Waals surface area contributed by atoms with E-state index in [0.29, 0.717) is 22.7 Å². The summed E-state index contributed by atoms with van der Waals surface area (Å²) in [4.78, 5) is 23.4. The van der Waals surface area contributed by atoms with Crippen molar-refractivity contribution in [3.8, 4) is 17.1 Å². The van der Waals surface area contributed by atoms with Gasteiger partial charge in [-0.1, -0.05) is 12.1 Å². The molecule has 0 amide bonds. The first-order valence-corrected chi connectivity index (χ1v) is 7.53. The molecule has 6 heteroatoms. The number of aromatic carboxylic acids is 1. The number of rotatable bonds is 4. The summed E-state index contributed by atoms with van der Waals surface area (Å²) in [5.41, 5.74) is 0.758. The van der Waals surface area contributed by atoms with Crippen molar-refractivity contribution in [3.63, 3.8) is 0 Å². The minimum absolute atomic E-state index is 0. The number of carboxylic acid groups (broad SMARTS) is 1. The summed E-state index contributed by atoms with van der Waals surface area (Å²) < 4.78 is 11.6. The monoisotopic (exact) mass is 348 g/mol. The summed E-state index contributed by atoms with van der Waals surface area (Å²) >= 11 is 0. The second-order valence-electron chi connectivity index (χ2n) is 5.65. The molecule has 3 aromatic rings. The Kier molecular flexibility index (Phi) is 6.06. The fourth-order valence-electron chi connectivity index (χ4n) is 2.45. The predicted molar refractivity (Wildman–Crippen MR) is 91.8 cm³/mol. The molecule has 0 fully saturated rings. The van der Waals surface area contributed by atoms with Gasteiger partial charge in [0.25, 0.3) is 0 Å². The van der Waals surface area contributed by atoms with Gasteiger partial charge < -0.3 is 15.7 Å². The summed E-state index contributed by atoms with van der Waals surface area (Å²) in [5.74, 6) is -0.0833. The molecular formula is C19H17NaO5. The van der Waals surface area contributed by atoms with Gasteiger partial charge in [0, 0.05) is 6.07 Å². The van der Waals surface area contributed by atoms with Crippen LogP contribution in [0.25, 0.3) is 22.3 Å². The minimum Gasteiger partial charge on any atom is -1.00 e. The molecule has 0 saturated heterocycles. The van der Waals surface area contributed by atoms with Gasteiger partial charge in [0.2, 0.25) is 0 Å². The molecule has 0 bridgehead atoms. The van der Waals surface area contributed by atoms with Crippen molar-refractivity contribution in [1.29, 1.82) is 0 Å². The Bertz CT molecular complexity index is 981. The Morgan fingerprint density at radius 2 is 1.88 bits per heavy atom. The standard InChI is InChI=1S/C19H16O5.Na.H/c1-11(2)23-16-6-4-3-5-13(16)18-10-15(20)14-9-12(19(21)22)7-8-17(14)24-18;;/h3-11H,1-2H3,(H,21,22);;/q;+1;-1. The first kappa shape index (κ1) is 19.2.